The highest BCUT2D eigenvalue weighted by molar-refractivity contribution is 5.44. The molecule has 3 rings (SSSR count). The van der Waals surface area contributed by atoms with Gasteiger partial charge in [-0.3, -0.25) is 0 Å². The van der Waals surface area contributed by atoms with E-state index in [2.05, 4.69) is 0 Å². The molecule has 18 heavy (non-hydrogen) atoms. The Kier molecular flexibility index (Phi) is 2.67. The average Bonchev–Trinajstić information content (AvgIpc) is 2.84. The normalized spacial score (nSPS) is 13.6. The average molecular weight is 242 g/mol. The summed E-state index contributed by atoms with van der Waals surface area (Å²) in [5, 5.41) is 10.2. The predicted octanol–water partition coefficient (Wildman–Crippen LogP) is 2.42. The summed E-state index contributed by atoms with van der Waals surface area (Å²) in [6.45, 7) is 0. The highest BCUT2D eigenvalue weighted by atomic mass is 16.4. The van der Waals surface area contributed by atoms with Crippen molar-refractivity contribution < 1.29 is 9.52 Å². The molecule has 0 spiro atoms. The topological polar surface area (TPSA) is 50.4 Å². The highest BCUT2D eigenvalue weighted by Gasteiger charge is 2.22. The molecule has 1 aliphatic rings. The third-order valence-corrected chi connectivity index (χ3v) is 3.42. The van der Waals surface area contributed by atoms with E-state index in [0.29, 0.717) is 17.7 Å². The minimum absolute atomic E-state index is 0.141. The number of rotatable bonds is 2. The van der Waals surface area contributed by atoms with Gasteiger partial charge in [0.25, 0.3) is 0 Å². The Labute approximate surface area is 105 Å². The lowest BCUT2D eigenvalue weighted by molar-refractivity contribution is 0.417. The van der Waals surface area contributed by atoms with Gasteiger partial charge < -0.3 is 9.52 Å². The molecule has 1 heterocycles. The standard InChI is InChI=1S/C15H14O3/c16-14-11-7-4-8-13(11)18-15(17)12(14)9-10-5-2-1-3-6-10/h1-3,5-6,16H,4,7-9H2. The van der Waals surface area contributed by atoms with Crippen molar-refractivity contribution in [2.24, 2.45) is 0 Å². The van der Waals surface area contributed by atoms with Gasteiger partial charge in [0.1, 0.15) is 11.5 Å². The molecule has 3 nitrogen and oxygen atoms in total. The molecule has 3 heteroatoms. The fourth-order valence-electron chi connectivity index (χ4n) is 2.49. The summed E-state index contributed by atoms with van der Waals surface area (Å²) in [7, 11) is 0. The Hall–Kier alpha value is -2.03. The molecule has 1 N–H and O–H groups in total. The molecular formula is C15H14O3. The van der Waals surface area contributed by atoms with Crippen LogP contribution in [0.25, 0.3) is 0 Å². The van der Waals surface area contributed by atoms with Crippen LogP contribution in [-0.4, -0.2) is 5.11 Å². The van der Waals surface area contributed by atoms with Crippen LogP contribution in [0.5, 0.6) is 5.75 Å². The number of aryl methyl sites for hydroxylation is 1. The molecule has 92 valence electrons. The lowest BCUT2D eigenvalue weighted by Gasteiger charge is -2.07. The fourth-order valence-corrected chi connectivity index (χ4v) is 2.49. The van der Waals surface area contributed by atoms with Crippen LogP contribution in [0.3, 0.4) is 0 Å². The van der Waals surface area contributed by atoms with Crippen LogP contribution in [0, 0.1) is 0 Å². The molecular weight excluding hydrogens is 228 g/mol. The van der Waals surface area contributed by atoms with E-state index >= 15 is 0 Å². The van der Waals surface area contributed by atoms with Gasteiger partial charge in [0, 0.05) is 18.4 Å². The van der Waals surface area contributed by atoms with E-state index in [4.69, 9.17) is 4.42 Å². The predicted molar refractivity (Wildman–Crippen MR) is 67.9 cm³/mol. The Morgan fingerprint density at radius 1 is 1.17 bits per heavy atom. The van der Waals surface area contributed by atoms with Gasteiger partial charge in [0.2, 0.25) is 0 Å². The van der Waals surface area contributed by atoms with Crippen LogP contribution in [0.2, 0.25) is 0 Å². The number of benzene rings is 1. The van der Waals surface area contributed by atoms with Gasteiger partial charge in [-0.2, -0.15) is 0 Å². The largest absolute Gasteiger partial charge is 0.507 e. The zero-order chi connectivity index (χ0) is 12.5. The Morgan fingerprint density at radius 2 is 1.94 bits per heavy atom. The zero-order valence-corrected chi connectivity index (χ0v) is 9.98. The third kappa shape index (κ3) is 1.82. The molecule has 0 aliphatic heterocycles. The van der Waals surface area contributed by atoms with Crippen LogP contribution < -0.4 is 5.63 Å². The van der Waals surface area contributed by atoms with Crippen LogP contribution >= 0.6 is 0 Å². The van der Waals surface area contributed by atoms with Crippen LogP contribution in [0.15, 0.2) is 39.5 Å². The van der Waals surface area contributed by atoms with Gasteiger partial charge in [-0.05, 0) is 18.4 Å². The molecule has 0 saturated carbocycles. The third-order valence-electron chi connectivity index (χ3n) is 3.42. The number of fused-ring (bicyclic) bond motifs is 1. The van der Waals surface area contributed by atoms with E-state index in [1.165, 1.54) is 0 Å². The first-order valence-electron chi connectivity index (χ1n) is 6.16. The van der Waals surface area contributed by atoms with Crippen molar-refractivity contribution >= 4 is 0 Å². The maximum Gasteiger partial charge on any atom is 0.343 e. The lowest BCUT2D eigenvalue weighted by Crippen LogP contribution is -2.10. The summed E-state index contributed by atoms with van der Waals surface area (Å²) < 4.78 is 5.29. The highest BCUT2D eigenvalue weighted by Crippen LogP contribution is 2.31. The molecule has 1 aliphatic carbocycles. The van der Waals surface area contributed by atoms with E-state index in [9.17, 15) is 9.90 Å². The van der Waals surface area contributed by atoms with Crippen molar-refractivity contribution in [2.75, 3.05) is 0 Å². The Balaban J connectivity index is 2.05. The van der Waals surface area contributed by atoms with Gasteiger partial charge in [-0.25, -0.2) is 4.79 Å². The van der Waals surface area contributed by atoms with Gasteiger partial charge in [0.05, 0.1) is 5.56 Å². The fraction of sp³-hybridized carbons (Fsp3) is 0.267. The number of hydrogen-bond acceptors (Lipinski definition) is 3. The summed E-state index contributed by atoms with van der Waals surface area (Å²) >= 11 is 0. The van der Waals surface area contributed by atoms with Gasteiger partial charge in [-0.1, -0.05) is 30.3 Å². The van der Waals surface area contributed by atoms with Crippen molar-refractivity contribution in [2.45, 2.75) is 25.7 Å². The van der Waals surface area contributed by atoms with Crippen LogP contribution in [0.4, 0.5) is 0 Å². The van der Waals surface area contributed by atoms with Gasteiger partial charge in [-0.15, -0.1) is 0 Å². The molecule has 0 fully saturated rings. The first-order valence-corrected chi connectivity index (χ1v) is 6.16. The van der Waals surface area contributed by atoms with E-state index < -0.39 is 5.63 Å². The minimum atomic E-state index is -0.406. The molecule has 0 amide bonds. The van der Waals surface area contributed by atoms with Crippen molar-refractivity contribution in [3.05, 3.63) is 63.2 Å². The van der Waals surface area contributed by atoms with E-state index in [0.717, 1.165) is 30.4 Å². The number of aromatic hydroxyl groups is 1. The second kappa shape index (κ2) is 4.33. The van der Waals surface area contributed by atoms with Crippen molar-refractivity contribution in [1.82, 2.24) is 0 Å². The summed E-state index contributed by atoms with van der Waals surface area (Å²) in [5.41, 5.74) is 1.79. The quantitative estimate of drug-likeness (QED) is 0.879. The summed E-state index contributed by atoms with van der Waals surface area (Å²) in [6.07, 6.45) is 2.92. The van der Waals surface area contributed by atoms with Crippen molar-refractivity contribution in [1.29, 1.82) is 0 Å². The molecule has 1 aromatic heterocycles. The van der Waals surface area contributed by atoms with E-state index in [1.807, 2.05) is 30.3 Å². The Morgan fingerprint density at radius 3 is 2.72 bits per heavy atom. The smallest absolute Gasteiger partial charge is 0.343 e. The monoisotopic (exact) mass is 242 g/mol. The van der Waals surface area contributed by atoms with Gasteiger partial charge in [0.15, 0.2) is 0 Å². The van der Waals surface area contributed by atoms with Crippen molar-refractivity contribution in [3.8, 4) is 5.75 Å². The lowest BCUT2D eigenvalue weighted by atomic mass is 10.0. The maximum absolute atomic E-state index is 11.9. The second-order valence-corrected chi connectivity index (χ2v) is 4.63. The van der Waals surface area contributed by atoms with Gasteiger partial charge >= 0.3 is 5.63 Å². The molecule has 0 radical (unpaired) electrons. The van der Waals surface area contributed by atoms with Crippen molar-refractivity contribution in [3.63, 3.8) is 0 Å². The molecule has 0 atom stereocenters. The molecule has 0 saturated heterocycles. The summed E-state index contributed by atoms with van der Waals surface area (Å²) in [6, 6.07) is 9.63. The van der Waals surface area contributed by atoms with Crippen LogP contribution in [0.1, 0.15) is 28.9 Å². The SMILES string of the molecule is O=c1oc2c(c(O)c1Cc1ccccc1)CCC2. The molecule has 0 bridgehead atoms. The Bertz CT molecular complexity index is 626. The first-order chi connectivity index (χ1) is 8.75. The number of hydrogen-bond donors (Lipinski definition) is 1. The summed E-state index contributed by atoms with van der Waals surface area (Å²) in [4.78, 5) is 11.9. The van der Waals surface area contributed by atoms with E-state index in [-0.39, 0.29) is 5.75 Å². The second-order valence-electron chi connectivity index (χ2n) is 4.63. The molecule has 1 aromatic carbocycles. The maximum atomic E-state index is 11.9. The van der Waals surface area contributed by atoms with Crippen LogP contribution in [-0.2, 0) is 19.3 Å². The molecule has 2 aromatic rings. The molecule has 0 unspecified atom stereocenters. The zero-order valence-electron chi connectivity index (χ0n) is 9.98. The summed E-state index contributed by atoms with van der Waals surface area (Å²) in [5.74, 6) is 0.803. The minimum Gasteiger partial charge on any atom is -0.507 e. The van der Waals surface area contributed by atoms with E-state index in [1.54, 1.807) is 0 Å². The first kappa shape index (κ1) is 11.1.